The monoisotopic (exact) mass is 256 g/mol. The van der Waals surface area contributed by atoms with E-state index in [-0.39, 0.29) is 12.1 Å². The summed E-state index contributed by atoms with van der Waals surface area (Å²) in [6, 6.07) is 0.138. The van der Waals surface area contributed by atoms with Crippen LogP contribution in [0, 0.1) is 0 Å². The van der Waals surface area contributed by atoms with Crippen LogP contribution in [0.1, 0.15) is 48.0 Å². The minimum absolute atomic E-state index is 0.0107. The highest BCUT2D eigenvalue weighted by atomic mass is 16.7. The Morgan fingerprint density at radius 1 is 1.33 bits per heavy atom. The first-order valence-corrected chi connectivity index (χ1v) is 7.10. The predicted molar refractivity (Wildman–Crippen MR) is 75.3 cm³/mol. The van der Waals surface area contributed by atoms with Gasteiger partial charge in [0.05, 0.1) is 12.6 Å². The van der Waals surface area contributed by atoms with Gasteiger partial charge in [-0.2, -0.15) is 5.06 Å². The maximum atomic E-state index is 11.7. The van der Waals surface area contributed by atoms with Crippen LogP contribution < -0.4 is 0 Å². The van der Waals surface area contributed by atoms with Gasteiger partial charge in [0, 0.05) is 13.1 Å². The Hall–Kier alpha value is -1.03. The molecule has 0 saturated carbocycles. The molecule has 2 heterocycles. The molecule has 1 saturated heterocycles. The van der Waals surface area contributed by atoms with Gasteiger partial charge in [-0.25, -0.2) is 4.79 Å². The van der Waals surface area contributed by atoms with E-state index in [4.69, 9.17) is 4.84 Å². The number of rotatable bonds is 3. The van der Waals surface area contributed by atoms with E-state index in [9.17, 15) is 4.79 Å². The fourth-order valence-corrected chi connectivity index (χ4v) is 1.93. The van der Waals surface area contributed by atoms with Crippen LogP contribution in [0.15, 0.2) is 11.6 Å². The number of hydrogen-bond acceptors (Lipinski definition) is 2. The van der Waals surface area contributed by atoms with Crippen LogP contribution in [0.2, 0.25) is 0 Å². The second-order valence-corrected chi connectivity index (χ2v) is 3.90. The lowest BCUT2D eigenvalue weighted by atomic mass is 10.1. The molecular weight excluding hydrogens is 228 g/mol. The van der Waals surface area contributed by atoms with Gasteiger partial charge < -0.3 is 4.90 Å². The van der Waals surface area contributed by atoms with E-state index in [1.165, 1.54) is 10.6 Å². The topological polar surface area (TPSA) is 32.8 Å². The largest absolute Gasteiger partial charge is 0.344 e. The van der Waals surface area contributed by atoms with E-state index in [1.807, 2.05) is 39.5 Å². The maximum Gasteiger partial charge on any atom is 0.344 e. The van der Waals surface area contributed by atoms with Gasteiger partial charge in [0.25, 0.3) is 0 Å². The summed E-state index contributed by atoms with van der Waals surface area (Å²) in [5.74, 6) is 0. The summed E-state index contributed by atoms with van der Waals surface area (Å²) in [6.07, 6.45) is 3.05. The Kier molecular flexibility index (Phi) is 8.46. The second kappa shape index (κ2) is 8.97. The standard InChI is InChI=1S/C10H16N2O2.2C2H6/c1-3-4-14-12-9-5-8(2)6-11(7-9)10(12)13;2*1-2/h5,9H,3-4,6-7H2,1-2H3;2*1-2H3. The van der Waals surface area contributed by atoms with E-state index >= 15 is 0 Å². The summed E-state index contributed by atoms with van der Waals surface area (Å²) in [5, 5.41) is 1.51. The van der Waals surface area contributed by atoms with Gasteiger partial charge in [-0.3, -0.25) is 4.84 Å². The van der Waals surface area contributed by atoms with Gasteiger partial charge in [-0.15, -0.1) is 0 Å². The van der Waals surface area contributed by atoms with Gasteiger partial charge in [0.15, 0.2) is 0 Å². The van der Waals surface area contributed by atoms with E-state index in [2.05, 4.69) is 13.0 Å². The molecule has 4 heteroatoms. The average molecular weight is 256 g/mol. The lowest BCUT2D eigenvalue weighted by Gasteiger charge is -2.19. The number of hydroxylamine groups is 2. The molecule has 0 spiro atoms. The number of fused-ring (bicyclic) bond motifs is 2. The molecule has 2 aliphatic rings. The van der Waals surface area contributed by atoms with Crippen molar-refractivity contribution in [1.29, 1.82) is 0 Å². The highest BCUT2D eigenvalue weighted by Gasteiger charge is 2.39. The van der Waals surface area contributed by atoms with Crippen molar-refractivity contribution in [3.05, 3.63) is 11.6 Å². The highest BCUT2D eigenvalue weighted by molar-refractivity contribution is 5.77. The SMILES string of the molecule is CC.CC.CCCON1C(=O)N2CC(C)=CC1C2. The molecule has 4 nitrogen and oxygen atoms in total. The summed E-state index contributed by atoms with van der Waals surface area (Å²) in [4.78, 5) is 19.0. The van der Waals surface area contributed by atoms with Crippen molar-refractivity contribution in [2.24, 2.45) is 0 Å². The van der Waals surface area contributed by atoms with Crippen LogP contribution in [0.3, 0.4) is 0 Å². The summed E-state index contributed by atoms with van der Waals surface area (Å²) < 4.78 is 0. The summed E-state index contributed by atoms with van der Waals surface area (Å²) >= 11 is 0. The Labute approximate surface area is 112 Å². The van der Waals surface area contributed by atoms with Crippen molar-refractivity contribution in [3.8, 4) is 0 Å². The van der Waals surface area contributed by atoms with Gasteiger partial charge >= 0.3 is 6.03 Å². The third-order valence-electron chi connectivity index (χ3n) is 2.52. The fourth-order valence-electron chi connectivity index (χ4n) is 1.93. The summed E-state index contributed by atoms with van der Waals surface area (Å²) in [6.45, 7) is 14.2. The number of urea groups is 1. The number of carbonyl (C=O) groups excluding carboxylic acids is 1. The van der Waals surface area contributed by atoms with Crippen LogP contribution in [0.25, 0.3) is 0 Å². The van der Waals surface area contributed by atoms with Crippen LogP contribution in [0.5, 0.6) is 0 Å². The molecule has 0 radical (unpaired) electrons. The Balaban J connectivity index is 0.000000659. The third-order valence-corrected chi connectivity index (χ3v) is 2.52. The lowest BCUT2D eigenvalue weighted by molar-refractivity contribution is -0.119. The van der Waals surface area contributed by atoms with E-state index in [0.717, 1.165) is 19.5 Å². The smallest absolute Gasteiger partial charge is 0.316 e. The van der Waals surface area contributed by atoms with Crippen molar-refractivity contribution in [2.45, 2.75) is 54.0 Å². The molecule has 0 aromatic heterocycles. The first-order valence-electron chi connectivity index (χ1n) is 7.10. The van der Waals surface area contributed by atoms with Gasteiger partial charge in [-0.05, 0) is 13.3 Å². The molecular formula is C14H28N2O2. The molecule has 2 bridgehead atoms. The molecule has 0 aromatic carbocycles. The van der Waals surface area contributed by atoms with Crippen molar-refractivity contribution in [2.75, 3.05) is 19.7 Å². The zero-order valence-corrected chi connectivity index (χ0v) is 12.7. The second-order valence-electron chi connectivity index (χ2n) is 3.90. The zero-order chi connectivity index (χ0) is 14.1. The van der Waals surface area contributed by atoms with Crippen LogP contribution >= 0.6 is 0 Å². The predicted octanol–water partition coefficient (Wildman–Crippen LogP) is 3.45. The number of hydrogen-bond donors (Lipinski definition) is 0. The molecule has 0 aromatic rings. The van der Waals surface area contributed by atoms with Crippen molar-refractivity contribution in [3.63, 3.8) is 0 Å². The van der Waals surface area contributed by atoms with Crippen molar-refractivity contribution >= 4 is 6.03 Å². The lowest BCUT2D eigenvalue weighted by Crippen LogP contribution is -2.33. The zero-order valence-electron chi connectivity index (χ0n) is 12.7. The summed E-state index contributed by atoms with van der Waals surface area (Å²) in [5.41, 5.74) is 1.25. The number of amides is 2. The summed E-state index contributed by atoms with van der Waals surface area (Å²) in [7, 11) is 0. The first kappa shape index (κ1) is 17.0. The van der Waals surface area contributed by atoms with Gasteiger partial charge in [-0.1, -0.05) is 46.3 Å². The van der Waals surface area contributed by atoms with E-state index < -0.39 is 0 Å². The Morgan fingerprint density at radius 3 is 2.50 bits per heavy atom. The van der Waals surface area contributed by atoms with E-state index in [1.54, 1.807) is 0 Å². The van der Waals surface area contributed by atoms with Crippen LogP contribution in [-0.4, -0.2) is 41.7 Å². The number of carbonyl (C=O) groups is 1. The van der Waals surface area contributed by atoms with Gasteiger partial charge in [0.2, 0.25) is 0 Å². The van der Waals surface area contributed by atoms with Crippen LogP contribution in [-0.2, 0) is 4.84 Å². The molecule has 1 unspecified atom stereocenters. The Morgan fingerprint density at radius 2 is 1.94 bits per heavy atom. The molecule has 1 fully saturated rings. The minimum atomic E-state index is 0.0107. The normalized spacial score (nSPS) is 20.7. The van der Waals surface area contributed by atoms with E-state index in [0.29, 0.717) is 6.61 Å². The molecule has 18 heavy (non-hydrogen) atoms. The van der Waals surface area contributed by atoms with Gasteiger partial charge in [0.1, 0.15) is 0 Å². The molecule has 2 amide bonds. The first-order chi connectivity index (χ1) is 8.72. The van der Waals surface area contributed by atoms with Crippen LogP contribution in [0.4, 0.5) is 4.79 Å². The molecule has 2 aliphatic heterocycles. The molecule has 1 atom stereocenters. The molecule has 2 rings (SSSR count). The molecule has 0 N–H and O–H groups in total. The molecule has 0 aliphatic carbocycles. The Bertz CT molecular complexity index is 277. The quantitative estimate of drug-likeness (QED) is 0.725. The number of nitrogens with zero attached hydrogens (tertiary/aromatic N) is 2. The average Bonchev–Trinajstić information content (AvgIpc) is 2.63. The van der Waals surface area contributed by atoms with Crippen molar-refractivity contribution < 1.29 is 9.63 Å². The molecule has 106 valence electrons. The minimum Gasteiger partial charge on any atom is -0.316 e. The van der Waals surface area contributed by atoms with Crippen molar-refractivity contribution in [1.82, 2.24) is 9.96 Å². The highest BCUT2D eigenvalue weighted by Crippen LogP contribution is 2.24. The fraction of sp³-hybridized carbons (Fsp3) is 0.786. The maximum absolute atomic E-state index is 11.7. The third kappa shape index (κ3) is 4.02.